The van der Waals surface area contributed by atoms with Crippen LogP contribution >= 0.6 is 14.3 Å². The van der Waals surface area contributed by atoms with Crippen LogP contribution in [-0.2, 0) is 0 Å². The standard InChI is InChI=1S/C23H36B2P2/c24-26(20-11-4-1-5-12-20)18-10-17-23(26)19-27(25,21-13-6-2-7-14-21)22-15-8-3-9-16-22/h1,4-5,11-12,21-23H,2-3,6-10,13-19H2/q+2. The highest BCUT2D eigenvalue weighted by molar-refractivity contribution is 8.05. The van der Waals surface area contributed by atoms with Gasteiger partial charge in [0, 0.05) is 6.16 Å². The van der Waals surface area contributed by atoms with Gasteiger partial charge < -0.3 is 0 Å². The van der Waals surface area contributed by atoms with E-state index in [9.17, 15) is 0 Å². The summed E-state index contributed by atoms with van der Waals surface area (Å²) in [7, 11) is 11.9. The molecule has 2 aliphatic carbocycles. The van der Waals surface area contributed by atoms with E-state index >= 15 is 0 Å². The van der Waals surface area contributed by atoms with Crippen LogP contribution in [0.5, 0.6) is 0 Å². The zero-order valence-corrected chi connectivity index (χ0v) is 18.9. The summed E-state index contributed by atoms with van der Waals surface area (Å²) in [5.74, 6) is 0. The maximum atomic E-state index is 7.60. The van der Waals surface area contributed by atoms with E-state index in [1.807, 2.05) is 0 Å². The first-order valence-electron chi connectivity index (χ1n) is 11.5. The molecule has 142 valence electrons. The first-order chi connectivity index (χ1) is 13.1. The molecule has 27 heavy (non-hydrogen) atoms. The van der Waals surface area contributed by atoms with Crippen molar-refractivity contribution in [2.24, 2.45) is 0 Å². The molecule has 1 heterocycles. The summed E-state index contributed by atoms with van der Waals surface area (Å²) in [5, 5.41) is 1.46. The molecule has 0 spiro atoms. The number of benzene rings is 1. The molecule has 1 aromatic rings. The highest BCUT2D eigenvalue weighted by atomic mass is 31.2. The van der Waals surface area contributed by atoms with Crippen LogP contribution in [0.1, 0.15) is 77.0 Å². The summed E-state index contributed by atoms with van der Waals surface area (Å²) < 4.78 is 0. The number of hydrogen-bond acceptors (Lipinski definition) is 0. The van der Waals surface area contributed by atoms with Gasteiger partial charge >= 0.3 is 15.1 Å². The monoisotopic (exact) mass is 396 g/mol. The van der Waals surface area contributed by atoms with Gasteiger partial charge in [-0.05, 0) is 90.6 Å². The van der Waals surface area contributed by atoms with E-state index in [-0.39, 0.29) is 0 Å². The van der Waals surface area contributed by atoms with E-state index in [1.165, 1.54) is 94.7 Å². The lowest BCUT2D eigenvalue weighted by molar-refractivity contribution is 0.481. The van der Waals surface area contributed by atoms with E-state index in [4.69, 9.17) is 15.1 Å². The molecular formula is C23H36B2P2+2. The van der Waals surface area contributed by atoms with Gasteiger partial charge in [-0.2, -0.15) is 0 Å². The van der Waals surface area contributed by atoms with Crippen molar-refractivity contribution in [1.82, 2.24) is 0 Å². The Bertz CT molecular complexity index is 578. The Morgan fingerprint density at radius 3 is 1.89 bits per heavy atom. The summed E-state index contributed by atoms with van der Waals surface area (Å²) in [6.07, 6.45) is 19.4. The lowest BCUT2D eigenvalue weighted by atomic mass is 9.99. The summed E-state index contributed by atoms with van der Waals surface area (Å²) in [4.78, 5) is 0. The summed E-state index contributed by atoms with van der Waals surface area (Å²) in [6, 6.07) is 11.1. The van der Waals surface area contributed by atoms with Gasteiger partial charge in [0.2, 0.25) is 0 Å². The highest BCUT2D eigenvalue weighted by Gasteiger charge is 2.56. The van der Waals surface area contributed by atoms with Gasteiger partial charge in [0.05, 0.1) is 28.4 Å². The van der Waals surface area contributed by atoms with Crippen LogP contribution in [0.25, 0.3) is 0 Å². The third-order valence-electron chi connectivity index (χ3n) is 7.99. The summed E-state index contributed by atoms with van der Waals surface area (Å²) >= 11 is 0. The Morgan fingerprint density at radius 1 is 0.778 bits per heavy atom. The van der Waals surface area contributed by atoms with Crippen molar-refractivity contribution in [1.29, 1.82) is 0 Å². The molecule has 0 amide bonds. The molecule has 1 aliphatic heterocycles. The van der Waals surface area contributed by atoms with Gasteiger partial charge in [-0.15, -0.1) is 0 Å². The quantitative estimate of drug-likeness (QED) is 0.403. The molecule has 4 radical (unpaired) electrons. The van der Waals surface area contributed by atoms with Crippen LogP contribution in [0.4, 0.5) is 0 Å². The first kappa shape index (κ1) is 20.5. The largest absolute Gasteiger partial charge is 0.371 e. The van der Waals surface area contributed by atoms with E-state index in [2.05, 4.69) is 30.3 Å². The van der Waals surface area contributed by atoms with Gasteiger partial charge in [0.1, 0.15) is 0 Å². The fraction of sp³-hybridized carbons (Fsp3) is 0.739. The molecular weight excluding hydrogens is 360 g/mol. The Morgan fingerprint density at radius 2 is 1.33 bits per heavy atom. The predicted molar refractivity (Wildman–Crippen MR) is 128 cm³/mol. The van der Waals surface area contributed by atoms with Crippen LogP contribution in [0.15, 0.2) is 30.3 Å². The van der Waals surface area contributed by atoms with Crippen LogP contribution in [0.2, 0.25) is 0 Å². The Balaban J connectivity index is 1.60. The van der Waals surface area contributed by atoms with Crippen molar-refractivity contribution < 1.29 is 0 Å². The Hall–Kier alpha value is 0.210. The lowest BCUT2D eigenvalue weighted by Gasteiger charge is -2.44. The summed E-state index contributed by atoms with van der Waals surface area (Å²) in [6.45, 7) is 0. The molecule has 0 nitrogen and oxygen atoms in total. The zero-order valence-electron chi connectivity index (χ0n) is 17.1. The molecule has 4 rings (SSSR count). The maximum Gasteiger partial charge on any atom is 0.371 e. The average Bonchev–Trinajstić information content (AvgIpc) is 3.11. The molecule has 4 heteroatoms. The minimum absolute atomic E-state index is 0.696. The average molecular weight is 396 g/mol. The van der Waals surface area contributed by atoms with E-state index in [0.29, 0.717) is 5.66 Å². The van der Waals surface area contributed by atoms with E-state index in [1.54, 1.807) is 0 Å². The molecule has 0 N–H and O–H groups in total. The minimum Gasteiger partial charge on any atom is -0.0620 e. The maximum absolute atomic E-state index is 7.60. The third-order valence-corrected chi connectivity index (χ3v) is 17.2. The molecule has 2 atom stereocenters. The van der Waals surface area contributed by atoms with Crippen molar-refractivity contribution >= 4 is 34.7 Å². The molecule has 3 aliphatic rings. The topological polar surface area (TPSA) is 0 Å². The Labute approximate surface area is 171 Å². The van der Waals surface area contributed by atoms with Crippen LogP contribution in [0.3, 0.4) is 0 Å². The van der Waals surface area contributed by atoms with E-state index in [0.717, 1.165) is 11.3 Å². The van der Waals surface area contributed by atoms with E-state index < -0.39 is 14.3 Å². The van der Waals surface area contributed by atoms with Crippen LogP contribution in [-0.4, -0.2) is 44.4 Å². The van der Waals surface area contributed by atoms with Crippen molar-refractivity contribution in [2.45, 2.75) is 94.0 Å². The van der Waals surface area contributed by atoms with Crippen molar-refractivity contribution in [3.05, 3.63) is 30.3 Å². The van der Waals surface area contributed by atoms with Crippen LogP contribution in [0, 0.1) is 0 Å². The number of hydrogen-bond donors (Lipinski definition) is 0. The van der Waals surface area contributed by atoms with Gasteiger partial charge in [-0.3, -0.25) is 0 Å². The van der Waals surface area contributed by atoms with Gasteiger partial charge in [0.25, 0.3) is 0 Å². The van der Waals surface area contributed by atoms with Gasteiger partial charge in [0.15, 0.2) is 0 Å². The highest BCUT2D eigenvalue weighted by Crippen LogP contribution is 2.74. The molecule has 0 aromatic heterocycles. The number of rotatable bonds is 5. The molecule has 1 saturated heterocycles. The summed E-state index contributed by atoms with van der Waals surface area (Å²) in [5.41, 5.74) is 2.39. The fourth-order valence-electron chi connectivity index (χ4n) is 6.37. The smallest absolute Gasteiger partial charge is 0.0620 e. The van der Waals surface area contributed by atoms with Gasteiger partial charge in [-0.1, -0.05) is 31.0 Å². The third kappa shape index (κ3) is 4.24. The molecule has 2 saturated carbocycles. The Kier molecular flexibility index (Phi) is 6.77. The van der Waals surface area contributed by atoms with Crippen molar-refractivity contribution in [3.63, 3.8) is 0 Å². The second-order valence-corrected chi connectivity index (χ2v) is 16.9. The lowest BCUT2D eigenvalue weighted by Crippen LogP contribution is -2.35. The van der Waals surface area contributed by atoms with Gasteiger partial charge in [-0.25, -0.2) is 0 Å². The molecule has 1 aromatic carbocycles. The molecule has 3 fully saturated rings. The van der Waals surface area contributed by atoms with Crippen LogP contribution < -0.4 is 5.30 Å². The minimum atomic E-state index is -1.53. The normalized spacial score (nSPS) is 31.2. The van der Waals surface area contributed by atoms with Crippen molar-refractivity contribution in [3.8, 4) is 0 Å². The second-order valence-electron chi connectivity index (χ2n) is 9.55. The molecule has 0 bridgehead atoms. The fourth-order valence-corrected chi connectivity index (χ4v) is 16.3. The van der Waals surface area contributed by atoms with Crippen molar-refractivity contribution in [2.75, 3.05) is 12.3 Å². The molecule has 2 unspecified atom stereocenters. The SMILES string of the molecule is [B][P+]1(c2ccccc2)CCCC1C[P+]([B])(C1CCCCC1)C1CCCCC1. The second kappa shape index (κ2) is 8.92. The first-order valence-corrected chi connectivity index (χ1v) is 15.8. The zero-order chi connectivity index (χ0) is 18.7. The predicted octanol–water partition coefficient (Wildman–Crippen LogP) is 6.34.